The summed E-state index contributed by atoms with van der Waals surface area (Å²) in [5, 5.41) is 3.05. The molecule has 5 nitrogen and oxygen atoms in total. The van der Waals surface area contributed by atoms with Crippen LogP contribution in [0.4, 0.5) is 13.2 Å². The Bertz CT molecular complexity index is 1010. The Morgan fingerprint density at radius 2 is 1.79 bits per heavy atom. The predicted octanol–water partition coefficient (Wildman–Crippen LogP) is 4.50. The van der Waals surface area contributed by atoms with Gasteiger partial charge in [-0.2, -0.15) is 13.2 Å². The zero-order valence-corrected chi connectivity index (χ0v) is 19.0. The van der Waals surface area contributed by atoms with E-state index < -0.39 is 11.7 Å². The standard InChI is InChI=1S/C25H29F3N2O3/c1-30-14-19-12-20(29-23(31)16-4-6-17(7-5-16)25(26,27)28)10-11-24(19,15-30)18-8-9-21(32-2)22(13-18)33-3/h4-9,13,19-20H,10-12,14-15H2,1-3H3,(H,29,31)/t19-,20-,24+/m1/s1. The maximum Gasteiger partial charge on any atom is 0.416 e. The Labute approximate surface area is 191 Å². The number of nitrogens with one attached hydrogen (secondary N) is 1. The molecule has 2 fully saturated rings. The van der Waals surface area contributed by atoms with Crippen LogP contribution in [0.1, 0.15) is 40.7 Å². The summed E-state index contributed by atoms with van der Waals surface area (Å²) in [5.74, 6) is 1.40. The summed E-state index contributed by atoms with van der Waals surface area (Å²) in [7, 11) is 5.36. The first-order valence-electron chi connectivity index (χ1n) is 11.1. The molecule has 2 aromatic rings. The van der Waals surface area contributed by atoms with Gasteiger partial charge in [0.05, 0.1) is 19.8 Å². The molecule has 8 heteroatoms. The first-order valence-corrected chi connectivity index (χ1v) is 11.1. The number of fused-ring (bicyclic) bond motifs is 1. The number of carbonyl (C=O) groups is 1. The highest BCUT2D eigenvalue weighted by molar-refractivity contribution is 5.94. The minimum Gasteiger partial charge on any atom is -0.493 e. The van der Waals surface area contributed by atoms with Crippen molar-refractivity contribution >= 4 is 5.91 Å². The van der Waals surface area contributed by atoms with Gasteiger partial charge in [0.25, 0.3) is 5.91 Å². The third-order valence-electron chi connectivity index (χ3n) is 7.14. The number of amides is 1. The average Bonchev–Trinajstić information content (AvgIpc) is 3.14. The van der Waals surface area contributed by atoms with E-state index in [0.29, 0.717) is 17.4 Å². The smallest absolute Gasteiger partial charge is 0.416 e. The molecule has 0 bridgehead atoms. The number of likely N-dealkylation sites (N-methyl/N-ethyl adjacent to an activating group) is 1. The Morgan fingerprint density at radius 1 is 1.09 bits per heavy atom. The molecule has 178 valence electrons. The summed E-state index contributed by atoms with van der Waals surface area (Å²) in [6.45, 7) is 1.84. The molecule has 1 heterocycles. The molecule has 2 aliphatic rings. The zero-order chi connectivity index (χ0) is 23.8. The van der Waals surface area contributed by atoms with Gasteiger partial charge >= 0.3 is 6.18 Å². The number of methoxy groups -OCH3 is 2. The quantitative estimate of drug-likeness (QED) is 0.711. The molecule has 1 aliphatic heterocycles. The molecule has 2 aromatic carbocycles. The summed E-state index contributed by atoms with van der Waals surface area (Å²) >= 11 is 0. The molecule has 4 rings (SSSR count). The van der Waals surface area contributed by atoms with E-state index in [1.54, 1.807) is 14.2 Å². The fraction of sp³-hybridized carbons (Fsp3) is 0.480. The van der Waals surface area contributed by atoms with Crippen LogP contribution >= 0.6 is 0 Å². The number of halogens is 3. The molecule has 1 saturated heterocycles. The molecular formula is C25H29F3N2O3. The number of hydrogen-bond acceptors (Lipinski definition) is 4. The van der Waals surface area contributed by atoms with Gasteiger partial charge in [0.2, 0.25) is 0 Å². The average molecular weight is 463 g/mol. The summed E-state index contributed by atoms with van der Waals surface area (Å²) in [4.78, 5) is 15.0. The maximum atomic E-state index is 12.8. The lowest BCUT2D eigenvalue weighted by molar-refractivity contribution is -0.137. The van der Waals surface area contributed by atoms with Crippen molar-refractivity contribution in [3.63, 3.8) is 0 Å². The highest BCUT2D eigenvalue weighted by Gasteiger charge is 2.50. The van der Waals surface area contributed by atoms with Crippen molar-refractivity contribution in [2.45, 2.75) is 36.9 Å². The molecule has 0 radical (unpaired) electrons. The largest absolute Gasteiger partial charge is 0.493 e. The summed E-state index contributed by atoms with van der Waals surface area (Å²) in [6, 6.07) is 10.5. The molecule has 0 spiro atoms. The third-order valence-corrected chi connectivity index (χ3v) is 7.14. The third kappa shape index (κ3) is 4.53. The van der Waals surface area contributed by atoms with Crippen molar-refractivity contribution in [3.8, 4) is 11.5 Å². The second-order valence-electron chi connectivity index (χ2n) is 9.14. The second-order valence-corrected chi connectivity index (χ2v) is 9.14. The minimum absolute atomic E-state index is 0.0236. The minimum atomic E-state index is -4.42. The molecule has 1 aliphatic carbocycles. The number of rotatable bonds is 5. The molecule has 3 atom stereocenters. The topological polar surface area (TPSA) is 50.8 Å². The normalized spacial score (nSPS) is 25.4. The Hall–Kier alpha value is -2.74. The summed E-state index contributed by atoms with van der Waals surface area (Å²) < 4.78 is 49.3. The zero-order valence-electron chi connectivity index (χ0n) is 19.0. The van der Waals surface area contributed by atoms with E-state index in [1.807, 2.05) is 6.07 Å². The Morgan fingerprint density at radius 3 is 2.42 bits per heavy atom. The van der Waals surface area contributed by atoms with Crippen LogP contribution in [0, 0.1) is 5.92 Å². The van der Waals surface area contributed by atoms with Crippen LogP contribution in [0.25, 0.3) is 0 Å². The molecule has 0 unspecified atom stereocenters. The van der Waals surface area contributed by atoms with E-state index in [9.17, 15) is 18.0 Å². The van der Waals surface area contributed by atoms with Crippen molar-refractivity contribution in [1.29, 1.82) is 0 Å². The van der Waals surface area contributed by atoms with Crippen LogP contribution < -0.4 is 14.8 Å². The van der Waals surface area contributed by atoms with E-state index in [4.69, 9.17) is 9.47 Å². The highest BCUT2D eigenvalue weighted by Crippen LogP contribution is 2.49. The second kappa shape index (κ2) is 8.89. The molecule has 1 N–H and O–H groups in total. The molecule has 0 aromatic heterocycles. The van der Waals surface area contributed by atoms with Crippen LogP contribution in [-0.4, -0.2) is 51.2 Å². The number of benzene rings is 2. The lowest BCUT2D eigenvalue weighted by atomic mass is 9.63. The number of hydrogen-bond donors (Lipinski definition) is 1. The van der Waals surface area contributed by atoms with Gasteiger partial charge in [-0.15, -0.1) is 0 Å². The van der Waals surface area contributed by atoms with Gasteiger partial charge in [0, 0.05) is 30.1 Å². The highest BCUT2D eigenvalue weighted by atomic mass is 19.4. The van der Waals surface area contributed by atoms with Crippen molar-refractivity contribution < 1.29 is 27.4 Å². The van der Waals surface area contributed by atoms with Gasteiger partial charge in [-0.05, 0) is 74.2 Å². The SMILES string of the molecule is COc1ccc([C@@]23CC[C@@H](NC(=O)c4ccc(C(F)(F)F)cc4)C[C@@H]2CN(C)C3)cc1OC. The van der Waals surface area contributed by atoms with Crippen LogP contribution in [-0.2, 0) is 11.6 Å². The number of likely N-dealkylation sites (tertiary alicyclic amines) is 1. The lowest BCUT2D eigenvalue weighted by Gasteiger charge is -2.43. The molecule has 1 amide bonds. The Kier molecular flexibility index (Phi) is 6.31. The van der Waals surface area contributed by atoms with Crippen molar-refractivity contribution in [2.75, 3.05) is 34.4 Å². The monoisotopic (exact) mass is 462 g/mol. The predicted molar refractivity (Wildman–Crippen MR) is 119 cm³/mol. The first kappa shape index (κ1) is 23.4. The van der Waals surface area contributed by atoms with Gasteiger partial charge in [0.1, 0.15) is 0 Å². The van der Waals surface area contributed by atoms with Crippen molar-refractivity contribution in [1.82, 2.24) is 10.2 Å². The van der Waals surface area contributed by atoms with Crippen LogP contribution in [0.3, 0.4) is 0 Å². The number of ether oxygens (including phenoxy) is 2. The number of alkyl halides is 3. The fourth-order valence-electron chi connectivity index (χ4n) is 5.53. The molecule has 33 heavy (non-hydrogen) atoms. The van der Waals surface area contributed by atoms with E-state index in [0.717, 1.165) is 44.5 Å². The van der Waals surface area contributed by atoms with Crippen molar-refractivity contribution in [3.05, 3.63) is 59.2 Å². The van der Waals surface area contributed by atoms with Gasteiger partial charge in [-0.3, -0.25) is 4.79 Å². The maximum absolute atomic E-state index is 12.8. The van der Waals surface area contributed by atoms with Crippen LogP contribution in [0.5, 0.6) is 11.5 Å². The van der Waals surface area contributed by atoms with Gasteiger partial charge in [-0.25, -0.2) is 0 Å². The van der Waals surface area contributed by atoms with Crippen LogP contribution in [0.2, 0.25) is 0 Å². The Balaban J connectivity index is 1.49. The van der Waals surface area contributed by atoms with E-state index in [2.05, 4.69) is 29.4 Å². The van der Waals surface area contributed by atoms with Crippen molar-refractivity contribution in [2.24, 2.45) is 5.92 Å². The number of nitrogens with zero attached hydrogens (tertiary/aromatic N) is 1. The van der Waals surface area contributed by atoms with E-state index in [1.165, 1.54) is 17.7 Å². The van der Waals surface area contributed by atoms with Gasteiger partial charge in [-0.1, -0.05) is 6.07 Å². The molecular weight excluding hydrogens is 433 g/mol. The van der Waals surface area contributed by atoms with E-state index >= 15 is 0 Å². The van der Waals surface area contributed by atoms with Crippen LogP contribution in [0.15, 0.2) is 42.5 Å². The van der Waals surface area contributed by atoms with Gasteiger partial charge < -0.3 is 19.7 Å². The number of carbonyl (C=O) groups excluding carboxylic acids is 1. The summed E-state index contributed by atoms with van der Waals surface area (Å²) in [6.07, 6.45) is -1.91. The van der Waals surface area contributed by atoms with Gasteiger partial charge in [0.15, 0.2) is 11.5 Å². The first-order chi connectivity index (χ1) is 15.7. The van der Waals surface area contributed by atoms with E-state index in [-0.39, 0.29) is 22.9 Å². The summed E-state index contributed by atoms with van der Waals surface area (Å²) in [5.41, 5.74) is 0.653. The fourth-order valence-corrected chi connectivity index (χ4v) is 5.53. The lowest BCUT2D eigenvalue weighted by Crippen LogP contribution is -2.47. The molecule has 1 saturated carbocycles.